The summed E-state index contributed by atoms with van der Waals surface area (Å²) in [5.74, 6) is -0.465. The first-order valence-corrected chi connectivity index (χ1v) is 9.62. The molecule has 12 heteroatoms. The van der Waals surface area contributed by atoms with Crippen molar-refractivity contribution in [3.8, 4) is 28.6 Å². The van der Waals surface area contributed by atoms with Gasteiger partial charge in [-0.25, -0.2) is 9.18 Å². The van der Waals surface area contributed by atoms with E-state index in [-0.39, 0.29) is 23.9 Å². The highest BCUT2D eigenvalue weighted by Gasteiger charge is 2.35. The Balaban J connectivity index is 1.75. The van der Waals surface area contributed by atoms with E-state index in [9.17, 15) is 22.4 Å². The Bertz CT molecular complexity index is 1090. The van der Waals surface area contributed by atoms with Gasteiger partial charge in [-0.05, 0) is 30.7 Å². The van der Waals surface area contributed by atoms with Crippen molar-refractivity contribution < 1.29 is 41.5 Å². The van der Waals surface area contributed by atoms with Crippen molar-refractivity contribution in [2.24, 2.45) is 0 Å². The fraction of sp³-hybridized carbons (Fsp3) is 0.286. The lowest BCUT2D eigenvalue weighted by atomic mass is 10.1. The van der Waals surface area contributed by atoms with Crippen LogP contribution in [0.15, 0.2) is 47.0 Å². The average molecular weight is 469 g/mol. The zero-order valence-electron chi connectivity index (χ0n) is 17.2. The van der Waals surface area contributed by atoms with Crippen LogP contribution in [0, 0.1) is 0 Å². The van der Waals surface area contributed by atoms with Gasteiger partial charge in [0.25, 0.3) is 5.89 Å². The molecule has 33 heavy (non-hydrogen) atoms. The number of nitrogens with zero attached hydrogens (tertiary/aromatic N) is 2. The number of aromatic nitrogens is 2. The average Bonchev–Trinajstić information content (AvgIpc) is 3.26. The lowest BCUT2D eigenvalue weighted by molar-refractivity contribution is -0.138. The summed E-state index contributed by atoms with van der Waals surface area (Å²) >= 11 is 0. The number of alkyl halides is 4. The summed E-state index contributed by atoms with van der Waals surface area (Å²) in [5.41, 5.74) is 0.243. The van der Waals surface area contributed by atoms with E-state index in [0.29, 0.717) is 5.56 Å². The van der Waals surface area contributed by atoms with Crippen molar-refractivity contribution in [1.29, 1.82) is 0 Å². The van der Waals surface area contributed by atoms with Crippen molar-refractivity contribution >= 4 is 6.09 Å². The number of halogens is 4. The van der Waals surface area contributed by atoms with Crippen LogP contribution in [0.25, 0.3) is 22.8 Å². The molecule has 0 saturated carbocycles. The molecule has 0 fully saturated rings. The van der Waals surface area contributed by atoms with E-state index in [1.54, 1.807) is 31.2 Å². The van der Waals surface area contributed by atoms with Gasteiger partial charge in [0.2, 0.25) is 5.82 Å². The number of carbonyl (C=O) groups is 1. The molecule has 2 N–H and O–H groups in total. The molecule has 0 bridgehead atoms. The summed E-state index contributed by atoms with van der Waals surface area (Å²) in [5, 5.41) is 14.6. The molecule has 1 aromatic heterocycles. The minimum Gasteiger partial charge on any atom is -0.490 e. The highest BCUT2D eigenvalue weighted by atomic mass is 19.4. The number of nitrogens with one attached hydrogen (secondary N) is 1. The fourth-order valence-electron chi connectivity index (χ4n) is 2.80. The Labute approximate surface area is 185 Å². The van der Waals surface area contributed by atoms with E-state index in [1.165, 1.54) is 6.07 Å². The second kappa shape index (κ2) is 10.3. The molecule has 0 aliphatic carbocycles. The van der Waals surface area contributed by atoms with Crippen molar-refractivity contribution in [3.63, 3.8) is 0 Å². The molecular formula is C21H19F4N3O5. The van der Waals surface area contributed by atoms with E-state index in [0.717, 1.165) is 17.7 Å². The summed E-state index contributed by atoms with van der Waals surface area (Å²) in [6.07, 6.45) is -6.62. The minimum absolute atomic E-state index is 0.0265. The van der Waals surface area contributed by atoms with Crippen molar-refractivity contribution in [2.45, 2.75) is 25.9 Å². The summed E-state index contributed by atoms with van der Waals surface area (Å²) in [6.45, 7) is 0.280. The van der Waals surface area contributed by atoms with E-state index in [1.807, 2.05) is 0 Å². The Morgan fingerprint density at radius 1 is 1.18 bits per heavy atom. The van der Waals surface area contributed by atoms with Crippen LogP contribution in [0.3, 0.4) is 0 Å². The van der Waals surface area contributed by atoms with E-state index in [2.05, 4.69) is 15.5 Å². The second-order valence-electron chi connectivity index (χ2n) is 6.77. The molecule has 0 saturated heterocycles. The molecule has 1 unspecified atom stereocenters. The van der Waals surface area contributed by atoms with Crippen molar-refractivity contribution in [2.75, 3.05) is 13.3 Å². The predicted octanol–water partition coefficient (Wildman–Crippen LogP) is 4.90. The molecule has 0 aliphatic rings. The van der Waals surface area contributed by atoms with E-state index >= 15 is 0 Å². The highest BCUT2D eigenvalue weighted by molar-refractivity contribution is 5.64. The first kappa shape index (κ1) is 24.0. The van der Waals surface area contributed by atoms with Crippen LogP contribution < -0.4 is 10.1 Å². The molecule has 176 valence electrons. The number of ether oxygens (including phenoxy) is 2. The normalized spacial score (nSPS) is 12.4. The van der Waals surface area contributed by atoms with Gasteiger partial charge < -0.3 is 19.1 Å². The molecule has 3 rings (SSSR count). The van der Waals surface area contributed by atoms with Gasteiger partial charge in [-0.2, -0.15) is 18.2 Å². The molecule has 1 amide bonds. The smallest absolute Gasteiger partial charge is 0.419 e. The fourth-order valence-corrected chi connectivity index (χ4v) is 2.80. The molecule has 0 aliphatic heterocycles. The van der Waals surface area contributed by atoms with Crippen LogP contribution in [0.4, 0.5) is 22.4 Å². The maximum absolute atomic E-state index is 13.4. The monoisotopic (exact) mass is 469 g/mol. The van der Waals surface area contributed by atoms with Gasteiger partial charge in [0, 0.05) is 11.1 Å². The topological polar surface area (TPSA) is 107 Å². The second-order valence-corrected chi connectivity index (χ2v) is 6.77. The van der Waals surface area contributed by atoms with E-state index < -0.39 is 43.1 Å². The van der Waals surface area contributed by atoms with E-state index in [4.69, 9.17) is 19.1 Å². The summed E-state index contributed by atoms with van der Waals surface area (Å²) in [4.78, 5) is 14.7. The van der Waals surface area contributed by atoms with Crippen LogP contribution in [-0.2, 0) is 17.5 Å². The molecule has 1 heterocycles. The van der Waals surface area contributed by atoms with Crippen LogP contribution in [0.2, 0.25) is 0 Å². The minimum atomic E-state index is -4.72. The summed E-state index contributed by atoms with van der Waals surface area (Å²) < 4.78 is 67.7. The lowest BCUT2D eigenvalue weighted by Crippen LogP contribution is -2.33. The van der Waals surface area contributed by atoms with Crippen molar-refractivity contribution in [1.82, 2.24) is 15.5 Å². The van der Waals surface area contributed by atoms with Crippen LogP contribution in [0.5, 0.6) is 5.75 Å². The molecule has 8 nitrogen and oxygen atoms in total. The Morgan fingerprint density at radius 3 is 2.52 bits per heavy atom. The third-order valence-electron chi connectivity index (χ3n) is 4.33. The zero-order chi connectivity index (χ0) is 24.0. The van der Waals surface area contributed by atoms with Gasteiger partial charge in [-0.3, -0.25) is 5.32 Å². The van der Waals surface area contributed by atoms with Gasteiger partial charge in [-0.15, -0.1) is 0 Å². The predicted molar refractivity (Wildman–Crippen MR) is 107 cm³/mol. The quantitative estimate of drug-likeness (QED) is 0.339. The molecule has 0 spiro atoms. The maximum atomic E-state index is 13.4. The number of hydrogen-bond acceptors (Lipinski definition) is 6. The van der Waals surface area contributed by atoms with Crippen LogP contribution in [0.1, 0.15) is 18.1 Å². The van der Waals surface area contributed by atoms with Crippen LogP contribution >= 0.6 is 0 Å². The molecule has 0 radical (unpaired) electrons. The maximum Gasteiger partial charge on any atom is 0.419 e. The first-order valence-electron chi connectivity index (χ1n) is 9.62. The summed E-state index contributed by atoms with van der Waals surface area (Å²) in [6, 6.07) is 9.93. The molecular weight excluding hydrogens is 450 g/mol. The SMILES string of the molecule is CC(NC(=O)O)OCc1ccc(-c2noc(-c3ccc(OCCF)c(C(F)(F)F)c3)n2)cc1. The lowest BCUT2D eigenvalue weighted by Gasteiger charge is -2.13. The number of amides is 1. The zero-order valence-corrected chi connectivity index (χ0v) is 17.2. The number of benzene rings is 2. The van der Waals surface area contributed by atoms with Gasteiger partial charge in [-0.1, -0.05) is 29.4 Å². The Kier molecular flexibility index (Phi) is 7.48. The van der Waals surface area contributed by atoms with Gasteiger partial charge in [0.1, 0.15) is 25.3 Å². The largest absolute Gasteiger partial charge is 0.490 e. The third kappa shape index (κ3) is 6.42. The highest BCUT2D eigenvalue weighted by Crippen LogP contribution is 2.38. The van der Waals surface area contributed by atoms with Crippen molar-refractivity contribution in [3.05, 3.63) is 53.6 Å². The molecule has 3 aromatic rings. The number of hydrogen-bond donors (Lipinski definition) is 2. The number of carboxylic acid groups (broad SMARTS) is 1. The molecule has 2 aromatic carbocycles. The summed E-state index contributed by atoms with van der Waals surface area (Å²) in [7, 11) is 0. The number of rotatable bonds is 9. The third-order valence-corrected chi connectivity index (χ3v) is 4.33. The Morgan fingerprint density at radius 2 is 1.88 bits per heavy atom. The molecule has 1 atom stereocenters. The Hall–Kier alpha value is -3.67. The van der Waals surface area contributed by atoms with Gasteiger partial charge in [0.05, 0.1) is 12.2 Å². The van der Waals surface area contributed by atoms with Gasteiger partial charge in [0.15, 0.2) is 0 Å². The standard InChI is InChI=1S/C21H19F4N3O5/c1-12(26-20(29)30)32-11-13-2-4-14(5-3-13)18-27-19(33-28-18)15-6-7-17(31-9-8-22)16(10-15)21(23,24)25/h2-7,10,12,26H,8-9,11H2,1H3,(H,29,30). The first-order chi connectivity index (χ1) is 15.7. The van der Waals surface area contributed by atoms with Gasteiger partial charge >= 0.3 is 12.3 Å². The van der Waals surface area contributed by atoms with Crippen LogP contribution in [-0.4, -0.2) is 40.8 Å².